The number of para-hydroxylation sites is 1. The van der Waals surface area contributed by atoms with Gasteiger partial charge >= 0.3 is 0 Å². The number of thiocarbonyl (C=S) groups is 1. The van der Waals surface area contributed by atoms with E-state index in [1.54, 1.807) is 0 Å². The fraction of sp³-hybridized carbons (Fsp3) is 0.562. The molecule has 22 heavy (non-hydrogen) atoms. The largest absolute Gasteiger partial charge is 0.362 e. The second kappa shape index (κ2) is 8.39. The number of hydrogen-bond donors (Lipinski definition) is 2. The van der Waals surface area contributed by atoms with Crippen molar-refractivity contribution in [2.45, 2.75) is 26.2 Å². The summed E-state index contributed by atoms with van der Waals surface area (Å²) in [6.07, 6.45) is 3.48. The molecule has 0 bridgehead atoms. The van der Waals surface area contributed by atoms with E-state index >= 15 is 0 Å². The van der Waals surface area contributed by atoms with Crippen LogP contribution in [0.3, 0.4) is 0 Å². The van der Waals surface area contributed by atoms with Crippen LogP contribution in [0.5, 0.6) is 0 Å². The molecule has 1 aliphatic heterocycles. The van der Waals surface area contributed by atoms with Crippen molar-refractivity contribution in [2.24, 2.45) is 5.92 Å². The van der Waals surface area contributed by atoms with E-state index in [2.05, 4.69) is 22.5 Å². The van der Waals surface area contributed by atoms with Gasteiger partial charge in [-0.3, -0.25) is 0 Å². The molecule has 2 N–H and O–H groups in total. The van der Waals surface area contributed by atoms with Crippen LogP contribution in [-0.2, 0) is 0 Å². The topological polar surface area (TPSA) is 27.3 Å². The first-order valence-electron chi connectivity index (χ1n) is 7.77. The van der Waals surface area contributed by atoms with E-state index in [1.165, 1.54) is 31.0 Å². The zero-order chi connectivity index (χ0) is 15.9. The first kappa shape index (κ1) is 17.1. The van der Waals surface area contributed by atoms with Gasteiger partial charge in [0.25, 0.3) is 0 Å². The lowest BCUT2D eigenvalue weighted by molar-refractivity contribution is 0.191. The molecule has 122 valence electrons. The molecule has 0 amide bonds. The van der Waals surface area contributed by atoms with Gasteiger partial charge in [-0.2, -0.15) is 0 Å². The fourth-order valence-electron chi connectivity index (χ4n) is 2.57. The maximum Gasteiger partial charge on any atom is 0.170 e. The van der Waals surface area contributed by atoms with Crippen molar-refractivity contribution >= 4 is 23.0 Å². The molecule has 3 nitrogen and oxygen atoms in total. The van der Waals surface area contributed by atoms with E-state index in [-0.39, 0.29) is 10.8 Å². The molecule has 1 aromatic rings. The molecule has 6 heteroatoms. The molecule has 1 saturated heterocycles. The maximum atomic E-state index is 13.5. The van der Waals surface area contributed by atoms with Crippen molar-refractivity contribution < 1.29 is 8.78 Å². The van der Waals surface area contributed by atoms with Crippen molar-refractivity contribution in [2.75, 3.05) is 31.5 Å². The zero-order valence-corrected chi connectivity index (χ0v) is 13.7. The lowest BCUT2D eigenvalue weighted by Crippen LogP contribution is -2.36. The van der Waals surface area contributed by atoms with E-state index in [4.69, 9.17) is 12.2 Å². The lowest BCUT2D eigenvalue weighted by atomic mass is 9.99. The van der Waals surface area contributed by atoms with Gasteiger partial charge in [-0.1, -0.05) is 13.0 Å². The molecule has 0 radical (unpaired) electrons. The number of rotatable bonds is 5. The summed E-state index contributed by atoms with van der Waals surface area (Å²) in [7, 11) is 0. The number of anilines is 1. The van der Waals surface area contributed by atoms with Gasteiger partial charge < -0.3 is 15.5 Å². The summed E-state index contributed by atoms with van der Waals surface area (Å²) in [5.41, 5.74) is -0.204. The first-order chi connectivity index (χ1) is 10.6. The molecule has 0 atom stereocenters. The van der Waals surface area contributed by atoms with Crippen LogP contribution in [0.2, 0.25) is 0 Å². The Labute approximate surface area is 136 Å². The van der Waals surface area contributed by atoms with Crippen molar-refractivity contribution in [1.29, 1.82) is 0 Å². The van der Waals surface area contributed by atoms with Crippen molar-refractivity contribution in [3.8, 4) is 0 Å². The van der Waals surface area contributed by atoms with E-state index in [0.29, 0.717) is 6.54 Å². The average Bonchev–Trinajstić information content (AvgIpc) is 2.49. The minimum atomic E-state index is -0.647. The van der Waals surface area contributed by atoms with Crippen LogP contribution in [0, 0.1) is 17.6 Å². The number of nitrogens with one attached hydrogen (secondary N) is 2. The molecule has 1 fully saturated rings. The van der Waals surface area contributed by atoms with Crippen LogP contribution in [-0.4, -0.2) is 36.2 Å². The number of benzene rings is 1. The number of hydrogen-bond acceptors (Lipinski definition) is 2. The Kier molecular flexibility index (Phi) is 6.51. The lowest BCUT2D eigenvalue weighted by Gasteiger charge is -2.30. The predicted molar refractivity (Wildman–Crippen MR) is 90.0 cm³/mol. The highest BCUT2D eigenvalue weighted by molar-refractivity contribution is 7.80. The smallest absolute Gasteiger partial charge is 0.170 e. The summed E-state index contributed by atoms with van der Waals surface area (Å²) in [5, 5.41) is 5.82. The third kappa shape index (κ3) is 5.18. The standard InChI is InChI=1S/C16H23F2N3S/c1-12-6-10-21(11-7-12)9-3-8-19-16(22)20-15-13(17)4-2-5-14(15)18/h2,4-5,12H,3,6-11H2,1H3,(H2,19,20,22). The Morgan fingerprint density at radius 2 is 1.91 bits per heavy atom. The van der Waals surface area contributed by atoms with Crippen LogP contribution in [0.15, 0.2) is 18.2 Å². The van der Waals surface area contributed by atoms with Crippen LogP contribution in [0.1, 0.15) is 26.2 Å². The third-order valence-corrected chi connectivity index (χ3v) is 4.26. The Balaban J connectivity index is 1.66. The summed E-state index contributed by atoms with van der Waals surface area (Å²) >= 11 is 5.07. The van der Waals surface area contributed by atoms with Gasteiger partial charge in [-0.25, -0.2) is 8.78 Å². The number of piperidine rings is 1. The van der Waals surface area contributed by atoms with E-state index < -0.39 is 11.6 Å². The summed E-state index contributed by atoms with van der Waals surface area (Å²) in [6, 6.07) is 3.72. The first-order valence-corrected chi connectivity index (χ1v) is 8.18. The van der Waals surface area contributed by atoms with Gasteiger partial charge in [0.1, 0.15) is 17.3 Å². The molecular weight excluding hydrogens is 304 g/mol. The molecule has 0 aliphatic carbocycles. The Bertz CT molecular complexity index is 482. The van der Waals surface area contributed by atoms with Gasteiger partial charge in [0.05, 0.1) is 0 Å². The zero-order valence-electron chi connectivity index (χ0n) is 12.9. The van der Waals surface area contributed by atoms with Crippen molar-refractivity contribution in [3.63, 3.8) is 0 Å². The van der Waals surface area contributed by atoms with Crippen molar-refractivity contribution in [3.05, 3.63) is 29.8 Å². The molecule has 0 saturated carbocycles. The van der Waals surface area contributed by atoms with Gasteiger partial charge in [0.15, 0.2) is 5.11 Å². The highest BCUT2D eigenvalue weighted by Gasteiger charge is 2.15. The minimum absolute atomic E-state index is 0.204. The number of halogens is 2. The molecule has 1 aliphatic rings. The van der Waals surface area contributed by atoms with Crippen LogP contribution in [0.4, 0.5) is 14.5 Å². The van der Waals surface area contributed by atoms with Gasteiger partial charge in [-0.05, 0) is 69.2 Å². The predicted octanol–water partition coefficient (Wildman–Crippen LogP) is 3.37. The monoisotopic (exact) mass is 327 g/mol. The summed E-state index contributed by atoms with van der Waals surface area (Å²) in [5.74, 6) is -0.458. The van der Waals surface area contributed by atoms with E-state index in [0.717, 1.165) is 32.0 Å². The second-order valence-electron chi connectivity index (χ2n) is 5.86. The second-order valence-corrected chi connectivity index (χ2v) is 6.26. The van der Waals surface area contributed by atoms with Crippen molar-refractivity contribution in [1.82, 2.24) is 10.2 Å². The molecule has 0 aromatic heterocycles. The molecule has 2 rings (SSSR count). The van der Waals surface area contributed by atoms with Crippen LogP contribution < -0.4 is 10.6 Å². The fourth-order valence-corrected chi connectivity index (χ4v) is 2.77. The van der Waals surface area contributed by atoms with Crippen LogP contribution in [0.25, 0.3) is 0 Å². The number of nitrogens with zero attached hydrogens (tertiary/aromatic N) is 1. The quantitative estimate of drug-likeness (QED) is 0.640. The summed E-state index contributed by atoms with van der Waals surface area (Å²) < 4.78 is 27.0. The molecule has 0 unspecified atom stereocenters. The van der Waals surface area contributed by atoms with Crippen LogP contribution >= 0.6 is 12.2 Å². The molecule has 1 heterocycles. The SMILES string of the molecule is CC1CCN(CCCNC(=S)Nc2c(F)cccc2F)CC1. The minimum Gasteiger partial charge on any atom is -0.362 e. The third-order valence-electron chi connectivity index (χ3n) is 4.01. The van der Waals surface area contributed by atoms with Gasteiger partial charge in [0, 0.05) is 6.54 Å². The van der Waals surface area contributed by atoms with E-state index in [9.17, 15) is 8.78 Å². The number of likely N-dealkylation sites (tertiary alicyclic amines) is 1. The molecule has 1 aromatic carbocycles. The summed E-state index contributed by atoms with van der Waals surface area (Å²) in [4.78, 5) is 2.45. The highest BCUT2D eigenvalue weighted by Crippen LogP contribution is 2.18. The molecular formula is C16H23F2N3S. The van der Waals surface area contributed by atoms with E-state index in [1.807, 2.05) is 0 Å². The average molecular weight is 327 g/mol. The normalized spacial score (nSPS) is 16.5. The summed E-state index contributed by atoms with van der Waals surface area (Å²) in [6.45, 7) is 6.32. The van der Waals surface area contributed by atoms with Gasteiger partial charge in [0.2, 0.25) is 0 Å². The Morgan fingerprint density at radius 3 is 2.55 bits per heavy atom. The Morgan fingerprint density at radius 1 is 1.27 bits per heavy atom. The molecule has 0 spiro atoms. The Hall–Kier alpha value is -1.27. The highest BCUT2D eigenvalue weighted by atomic mass is 32.1. The maximum absolute atomic E-state index is 13.5. The van der Waals surface area contributed by atoms with Gasteiger partial charge in [-0.15, -0.1) is 0 Å².